The monoisotopic (exact) mass is 578 g/mol. The molecule has 8 N–H and O–H groups in total. The highest BCUT2D eigenvalue weighted by atomic mass is 16.7. The molecule has 222 valence electrons. The van der Waals surface area contributed by atoms with Crippen LogP contribution in [0, 0.1) is 0 Å². The van der Waals surface area contributed by atoms with E-state index >= 15 is 0 Å². The number of phenolic OH excluding ortho intramolecular Hbond substituents is 2. The van der Waals surface area contributed by atoms with Gasteiger partial charge in [0.05, 0.1) is 32.5 Å². The van der Waals surface area contributed by atoms with Gasteiger partial charge >= 0.3 is 0 Å². The number of ether oxygens (including phenoxy) is 4. The predicted octanol–water partition coefficient (Wildman–Crippen LogP) is -1.14. The van der Waals surface area contributed by atoms with Crippen molar-refractivity contribution in [2.45, 2.75) is 48.5 Å². The van der Waals surface area contributed by atoms with E-state index in [2.05, 4.69) is 0 Å². The van der Waals surface area contributed by atoms with Gasteiger partial charge in [-0.05, 0) is 24.3 Å². The summed E-state index contributed by atoms with van der Waals surface area (Å²) in [4.78, 5) is 13.1. The number of methoxy groups -OCH3 is 1. The maximum absolute atomic E-state index is 13.1. The normalized spacial score (nSPS) is 31.9. The third-order valence-electron chi connectivity index (χ3n) is 7.41. The predicted molar refractivity (Wildman–Crippen MR) is 137 cm³/mol. The van der Waals surface area contributed by atoms with Crippen molar-refractivity contribution in [3.05, 3.63) is 52.2 Å². The van der Waals surface area contributed by atoms with E-state index in [1.54, 1.807) is 24.3 Å². The fourth-order valence-electron chi connectivity index (χ4n) is 5.03. The Balaban J connectivity index is 1.52. The summed E-state index contributed by atoms with van der Waals surface area (Å²) in [6.45, 7) is -2.17. The van der Waals surface area contributed by atoms with Gasteiger partial charge in [0.25, 0.3) is 0 Å². The smallest absolute Gasteiger partial charge is 0.197 e. The van der Waals surface area contributed by atoms with Crippen molar-refractivity contribution in [3.8, 4) is 28.6 Å². The number of phenols is 2. The molecule has 5 rings (SSSR count). The third kappa shape index (κ3) is 5.03. The third-order valence-corrected chi connectivity index (χ3v) is 7.41. The summed E-state index contributed by atoms with van der Waals surface area (Å²) in [5.74, 6) is -0.708. The number of hydrogen-bond acceptors (Lipinski definition) is 14. The molecule has 3 aromatic rings. The van der Waals surface area contributed by atoms with Crippen molar-refractivity contribution < 1.29 is 64.2 Å². The lowest BCUT2D eigenvalue weighted by Gasteiger charge is -2.43. The SMILES string of the molecule is COc1ccc(-c2cc(=O)c3c(O)c([C@@H]4O[C@H](CO)[C@@H](O)[C@H](O[C@@H]5OC[C@](O)(CO)[C@H]5O)[C@H]4O)c(O)cc3o2)cc1. The average molecular weight is 579 g/mol. The van der Waals surface area contributed by atoms with Crippen molar-refractivity contribution >= 4 is 11.0 Å². The van der Waals surface area contributed by atoms with Gasteiger partial charge in [0.1, 0.15) is 76.2 Å². The molecule has 0 bridgehead atoms. The van der Waals surface area contributed by atoms with Gasteiger partial charge in [-0.15, -0.1) is 0 Å². The first kappa shape index (κ1) is 29.2. The molecule has 0 aliphatic carbocycles. The molecule has 0 spiro atoms. The lowest BCUT2D eigenvalue weighted by atomic mass is 9.89. The lowest BCUT2D eigenvalue weighted by molar-refractivity contribution is -0.286. The Hall–Kier alpha value is -3.31. The lowest BCUT2D eigenvalue weighted by Crippen LogP contribution is -2.58. The zero-order valence-corrected chi connectivity index (χ0v) is 21.7. The highest BCUT2D eigenvalue weighted by Gasteiger charge is 2.53. The second kappa shape index (κ2) is 11.2. The molecular weight excluding hydrogens is 548 g/mol. The highest BCUT2D eigenvalue weighted by Crippen LogP contribution is 2.45. The molecule has 3 heterocycles. The largest absolute Gasteiger partial charge is 0.507 e. The van der Waals surface area contributed by atoms with E-state index in [4.69, 9.17) is 23.4 Å². The molecule has 2 aliphatic rings. The Morgan fingerprint density at radius 3 is 2.37 bits per heavy atom. The van der Waals surface area contributed by atoms with E-state index in [0.29, 0.717) is 11.3 Å². The molecule has 8 atom stereocenters. The van der Waals surface area contributed by atoms with E-state index in [0.717, 1.165) is 12.1 Å². The zero-order valence-electron chi connectivity index (χ0n) is 21.7. The minimum absolute atomic E-state index is 0.139. The van der Waals surface area contributed by atoms with E-state index in [1.165, 1.54) is 7.11 Å². The second-order valence-electron chi connectivity index (χ2n) is 9.98. The molecule has 0 radical (unpaired) electrons. The maximum atomic E-state index is 13.1. The fraction of sp³-hybridized carbons (Fsp3) is 0.444. The molecule has 0 amide bonds. The van der Waals surface area contributed by atoms with E-state index in [-0.39, 0.29) is 16.7 Å². The Kier molecular flexibility index (Phi) is 7.95. The van der Waals surface area contributed by atoms with Crippen molar-refractivity contribution in [2.75, 3.05) is 26.9 Å². The zero-order chi connectivity index (χ0) is 29.6. The summed E-state index contributed by atoms with van der Waals surface area (Å²) in [5, 5.41) is 83.3. The van der Waals surface area contributed by atoms with Crippen LogP contribution in [0.25, 0.3) is 22.3 Å². The number of rotatable bonds is 7. The molecular formula is C27H30O14. The number of benzene rings is 2. The van der Waals surface area contributed by atoms with Crippen molar-refractivity contribution in [1.29, 1.82) is 0 Å². The van der Waals surface area contributed by atoms with Crippen LogP contribution in [0.5, 0.6) is 17.2 Å². The molecule has 2 saturated heterocycles. The van der Waals surface area contributed by atoms with Crippen LogP contribution in [0.15, 0.2) is 45.6 Å². The van der Waals surface area contributed by atoms with Gasteiger partial charge < -0.3 is 64.2 Å². The van der Waals surface area contributed by atoms with E-state index in [9.17, 15) is 45.6 Å². The molecule has 14 heteroatoms. The first-order chi connectivity index (χ1) is 19.5. The number of aliphatic hydroxyl groups excluding tert-OH is 5. The number of fused-ring (bicyclic) bond motifs is 1. The van der Waals surface area contributed by atoms with Gasteiger partial charge in [-0.2, -0.15) is 0 Å². The number of aliphatic hydroxyl groups is 6. The van der Waals surface area contributed by atoms with Gasteiger partial charge in [0, 0.05) is 17.7 Å². The van der Waals surface area contributed by atoms with E-state index in [1.807, 2.05) is 0 Å². The average Bonchev–Trinajstić information content (AvgIpc) is 3.25. The highest BCUT2D eigenvalue weighted by molar-refractivity contribution is 5.88. The fourth-order valence-corrected chi connectivity index (χ4v) is 5.03. The Bertz CT molecular complexity index is 1460. The summed E-state index contributed by atoms with van der Waals surface area (Å²) < 4.78 is 27.3. The van der Waals surface area contributed by atoms with Crippen LogP contribution in [0.3, 0.4) is 0 Å². The molecule has 2 aromatic carbocycles. The van der Waals surface area contributed by atoms with Gasteiger partial charge in [-0.25, -0.2) is 0 Å². The molecule has 1 aromatic heterocycles. The molecule has 2 aliphatic heterocycles. The van der Waals surface area contributed by atoms with Crippen LogP contribution < -0.4 is 10.2 Å². The van der Waals surface area contributed by atoms with Crippen LogP contribution in [-0.2, 0) is 14.2 Å². The quantitative estimate of drug-likeness (QED) is 0.166. The first-order valence-electron chi connectivity index (χ1n) is 12.6. The molecule has 0 unspecified atom stereocenters. The van der Waals surface area contributed by atoms with Gasteiger partial charge in [-0.3, -0.25) is 4.79 Å². The Morgan fingerprint density at radius 1 is 1.05 bits per heavy atom. The van der Waals surface area contributed by atoms with Gasteiger partial charge in [0.2, 0.25) is 0 Å². The number of hydrogen-bond donors (Lipinski definition) is 8. The molecule has 41 heavy (non-hydrogen) atoms. The number of aromatic hydroxyl groups is 2. The summed E-state index contributed by atoms with van der Waals surface area (Å²) in [5.41, 5.74) is -2.85. The maximum Gasteiger partial charge on any atom is 0.197 e. The summed E-state index contributed by atoms with van der Waals surface area (Å²) in [6.07, 6.45) is -11.7. The van der Waals surface area contributed by atoms with Gasteiger partial charge in [0.15, 0.2) is 11.7 Å². The standard InChI is InChI=1S/C27H30O14/c1-37-12-4-2-11(3-5-12)15-6-13(30)18-16(39-15)7-14(31)19(21(18)33)23-22(34)24(20(32)17(8-28)40-23)41-26-25(35)27(36,9-29)10-38-26/h2-7,17,20,22-26,28-29,31-36H,8-10H2,1H3/t17-,20-,22+,23+,24+,25+,26+,27-/m1/s1. The molecule has 2 fully saturated rings. The minimum atomic E-state index is -2.06. The summed E-state index contributed by atoms with van der Waals surface area (Å²) in [7, 11) is 1.50. The van der Waals surface area contributed by atoms with Crippen LogP contribution in [0.4, 0.5) is 0 Å². The molecule has 0 saturated carbocycles. The van der Waals surface area contributed by atoms with Crippen LogP contribution >= 0.6 is 0 Å². The Labute approximate surface area is 231 Å². The van der Waals surface area contributed by atoms with E-state index < -0.39 is 90.8 Å². The topological polar surface area (TPSA) is 229 Å². The minimum Gasteiger partial charge on any atom is -0.507 e. The van der Waals surface area contributed by atoms with Crippen molar-refractivity contribution in [2.24, 2.45) is 0 Å². The van der Waals surface area contributed by atoms with Gasteiger partial charge in [-0.1, -0.05) is 0 Å². The van der Waals surface area contributed by atoms with Crippen LogP contribution in [0.1, 0.15) is 11.7 Å². The van der Waals surface area contributed by atoms with Crippen LogP contribution in [0.2, 0.25) is 0 Å². The molecule has 14 nitrogen and oxygen atoms in total. The van der Waals surface area contributed by atoms with Crippen LogP contribution in [-0.4, -0.2) is 110 Å². The van der Waals surface area contributed by atoms with Crippen molar-refractivity contribution in [1.82, 2.24) is 0 Å². The first-order valence-corrected chi connectivity index (χ1v) is 12.6. The van der Waals surface area contributed by atoms with Crippen molar-refractivity contribution in [3.63, 3.8) is 0 Å². The second-order valence-corrected chi connectivity index (χ2v) is 9.98. The summed E-state index contributed by atoms with van der Waals surface area (Å²) in [6, 6.07) is 8.80. The Morgan fingerprint density at radius 2 is 1.76 bits per heavy atom. The summed E-state index contributed by atoms with van der Waals surface area (Å²) >= 11 is 0.